The van der Waals surface area contributed by atoms with E-state index in [1.165, 1.54) is 0 Å². The lowest BCUT2D eigenvalue weighted by atomic mass is 9.84. The van der Waals surface area contributed by atoms with Gasteiger partial charge in [-0.15, -0.1) is 0 Å². The van der Waals surface area contributed by atoms with Crippen LogP contribution in [0.25, 0.3) is 77.3 Å². The molecule has 0 N–H and O–H groups in total. The molecule has 0 amide bonds. The van der Waals surface area contributed by atoms with Gasteiger partial charge in [-0.25, -0.2) is 0 Å². The molecule has 0 fully saturated rings. The van der Waals surface area contributed by atoms with E-state index in [0.29, 0.717) is 22.3 Å². The summed E-state index contributed by atoms with van der Waals surface area (Å²) >= 11 is 0. The average Bonchev–Trinajstić information content (AvgIpc) is 3.61. The van der Waals surface area contributed by atoms with Crippen molar-refractivity contribution in [2.75, 3.05) is 0 Å². The molecule has 0 aliphatic rings. The lowest BCUT2D eigenvalue weighted by Crippen LogP contribution is -1.98. The fourth-order valence-electron chi connectivity index (χ4n) is 6.05. The van der Waals surface area contributed by atoms with Crippen molar-refractivity contribution >= 4 is 43.9 Å². The molecule has 0 aliphatic heterocycles. The van der Waals surface area contributed by atoms with Crippen molar-refractivity contribution in [2.45, 2.75) is 0 Å². The van der Waals surface area contributed by atoms with Crippen LogP contribution >= 0.6 is 0 Å². The Hall–Kier alpha value is -6.10. The SMILES string of the molecule is N#Cc1c(-c2ccccc2)cc(-c2ccc3c(c2)oc2ccccc23)c(C#N)c1-c1ccc2c(c1)oc1ccccc12. The van der Waals surface area contributed by atoms with Gasteiger partial charge < -0.3 is 8.83 Å². The van der Waals surface area contributed by atoms with E-state index in [1.807, 2.05) is 121 Å². The molecule has 0 saturated heterocycles. The fourth-order valence-corrected chi connectivity index (χ4v) is 6.05. The molecule has 194 valence electrons. The minimum atomic E-state index is 0.428. The summed E-state index contributed by atoms with van der Waals surface area (Å²) in [6, 6.07) is 44.5. The summed E-state index contributed by atoms with van der Waals surface area (Å²) in [5, 5.41) is 25.3. The highest BCUT2D eigenvalue weighted by Gasteiger charge is 2.23. The normalized spacial score (nSPS) is 11.3. The Labute approximate surface area is 240 Å². The number of fused-ring (bicyclic) bond motifs is 6. The Balaban J connectivity index is 1.44. The number of nitrogens with zero attached hydrogens (tertiary/aromatic N) is 2. The molecule has 4 nitrogen and oxygen atoms in total. The fraction of sp³-hybridized carbons (Fsp3) is 0. The first-order valence-corrected chi connectivity index (χ1v) is 13.6. The molecule has 8 rings (SSSR count). The molecule has 0 saturated carbocycles. The summed E-state index contributed by atoms with van der Waals surface area (Å²) in [5.74, 6) is 0. The molecule has 6 aromatic carbocycles. The quantitative estimate of drug-likeness (QED) is 0.225. The Kier molecular flexibility index (Phi) is 5.22. The number of hydrogen-bond acceptors (Lipinski definition) is 4. The third-order valence-corrected chi connectivity index (χ3v) is 7.99. The minimum absolute atomic E-state index is 0.428. The monoisotopic (exact) mass is 536 g/mol. The smallest absolute Gasteiger partial charge is 0.136 e. The summed E-state index contributed by atoms with van der Waals surface area (Å²) < 4.78 is 12.4. The molecular weight excluding hydrogens is 516 g/mol. The maximum Gasteiger partial charge on any atom is 0.136 e. The predicted octanol–water partition coefficient (Wildman–Crippen LogP) is 10.2. The summed E-state index contributed by atoms with van der Waals surface area (Å²) in [6.45, 7) is 0. The van der Waals surface area contributed by atoms with Gasteiger partial charge in [-0.3, -0.25) is 0 Å². The van der Waals surface area contributed by atoms with E-state index in [9.17, 15) is 10.5 Å². The van der Waals surface area contributed by atoms with Crippen LogP contribution in [0.15, 0.2) is 130 Å². The van der Waals surface area contributed by atoms with Crippen LogP contribution in [0, 0.1) is 22.7 Å². The number of hydrogen-bond donors (Lipinski definition) is 0. The van der Waals surface area contributed by atoms with Crippen LogP contribution in [0.1, 0.15) is 11.1 Å². The molecular formula is C38H20N2O2. The van der Waals surface area contributed by atoms with Gasteiger partial charge in [0.2, 0.25) is 0 Å². The van der Waals surface area contributed by atoms with Crippen LogP contribution in [0.4, 0.5) is 0 Å². The van der Waals surface area contributed by atoms with E-state index in [1.54, 1.807) is 0 Å². The van der Waals surface area contributed by atoms with Crippen LogP contribution in [0.2, 0.25) is 0 Å². The van der Waals surface area contributed by atoms with Crippen molar-refractivity contribution in [1.29, 1.82) is 10.5 Å². The zero-order valence-electron chi connectivity index (χ0n) is 22.3. The van der Waals surface area contributed by atoms with Crippen LogP contribution < -0.4 is 0 Å². The van der Waals surface area contributed by atoms with Crippen molar-refractivity contribution in [3.63, 3.8) is 0 Å². The van der Waals surface area contributed by atoms with Crippen molar-refractivity contribution in [2.24, 2.45) is 0 Å². The van der Waals surface area contributed by atoms with E-state index < -0.39 is 0 Å². The molecule has 8 aromatic rings. The second-order valence-electron chi connectivity index (χ2n) is 10.3. The Morgan fingerprint density at radius 2 is 0.881 bits per heavy atom. The lowest BCUT2D eigenvalue weighted by molar-refractivity contribution is 0.668. The van der Waals surface area contributed by atoms with Gasteiger partial charge in [0.1, 0.15) is 34.5 Å². The topological polar surface area (TPSA) is 73.9 Å². The Morgan fingerprint density at radius 1 is 0.405 bits per heavy atom. The van der Waals surface area contributed by atoms with Gasteiger partial charge in [0.25, 0.3) is 0 Å². The van der Waals surface area contributed by atoms with Crippen molar-refractivity contribution in [3.05, 3.63) is 132 Å². The molecule has 0 spiro atoms. The van der Waals surface area contributed by atoms with E-state index in [0.717, 1.165) is 66.1 Å². The van der Waals surface area contributed by atoms with Gasteiger partial charge in [-0.1, -0.05) is 78.9 Å². The highest BCUT2D eigenvalue weighted by Crippen LogP contribution is 2.43. The number of furan rings is 2. The van der Waals surface area contributed by atoms with Crippen molar-refractivity contribution in [3.8, 4) is 45.5 Å². The first-order chi connectivity index (χ1) is 20.7. The highest BCUT2D eigenvalue weighted by molar-refractivity contribution is 6.08. The summed E-state index contributed by atoms with van der Waals surface area (Å²) in [7, 11) is 0. The number of rotatable bonds is 3. The van der Waals surface area contributed by atoms with Crippen molar-refractivity contribution in [1.82, 2.24) is 0 Å². The second kappa shape index (κ2) is 9.24. The molecule has 0 atom stereocenters. The van der Waals surface area contributed by atoms with Gasteiger partial charge in [0.15, 0.2) is 0 Å². The molecule has 0 aliphatic carbocycles. The zero-order valence-corrected chi connectivity index (χ0v) is 22.3. The molecule has 2 heterocycles. The Morgan fingerprint density at radius 3 is 1.48 bits per heavy atom. The minimum Gasteiger partial charge on any atom is -0.456 e. The summed E-state index contributed by atoms with van der Waals surface area (Å²) in [4.78, 5) is 0. The Bertz CT molecular complexity index is 2430. The molecule has 2 aromatic heterocycles. The molecule has 0 bridgehead atoms. The largest absolute Gasteiger partial charge is 0.456 e. The zero-order chi connectivity index (χ0) is 28.2. The third kappa shape index (κ3) is 3.53. The number of nitriles is 2. The van der Waals surface area contributed by atoms with Crippen LogP contribution in [0.5, 0.6) is 0 Å². The molecule has 4 heteroatoms. The van der Waals surface area contributed by atoms with Crippen LogP contribution in [-0.4, -0.2) is 0 Å². The van der Waals surface area contributed by atoms with Gasteiger partial charge in [0, 0.05) is 38.2 Å². The third-order valence-electron chi connectivity index (χ3n) is 7.99. The van der Waals surface area contributed by atoms with Crippen LogP contribution in [0.3, 0.4) is 0 Å². The van der Waals surface area contributed by atoms with Gasteiger partial charge in [0.05, 0.1) is 11.1 Å². The number of benzene rings is 6. The predicted molar refractivity (Wildman–Crippen MR) is 167 cm³/mol. The van der Waals surface area contributed by atoms with Crippen LogP contribution in [-0.2, 0) is 0 Å². The van der Waals surface area contributed by atoms with Gasteiger partial charge in [-0.2, -0.15) is 10.5 Å². The summed E-state index contributed by atoms with van der Waals surface area (Å²) in [6.07, 6.45) is 0. The summed E-state index contributed by atoms with van der Waals surface area (Å²) in [5.41, 5.74) is 8.50. The maximum absolute atomic E-state index is 10.7. The average molecular weight is 537 g/mol. The second-order valence-corrected chi connectivity index (χ2v) is 10.3. The van der Waals surface area contributed by atoms with E-state index in [4.69, 9.17) is 8.83 Å². The van der Waals surface area contributed by atoms with E-state index >= 15 is 0 Å². The molecule has 42 heavy (non-hydrogen) atoms. The van der Waals surface area contributed by atoms with E-state index in [2.05, 4.69) is 12.1 Å². The maximum atomic E-state index is 10.7. The standard InChI is InChI=1S/C38H20N2O2/c39-21-32-30(23-8-2-1-3-9-23)20-31(24-14-16-28-26-10-4-6-12-34(26)41-36(28)18-24)33(22-40)38(32)25-15-17-29-27-11-5-7-13-35(27)42-37(29)19-25/h1-20H. The van der Waals surface area contributed by atoms with E-state index in [-0.39, 0.29) is 0 Å². The lowest BCUT2D eigenvalue weighted by Gasteiger charge is -2.17. The van der Waals surface area contributed by atoms with Gasteiger partial charge in [-0.05, 0) is 59.2 Å². The molecule has 0 unspecified atom stereocenters. The first kappa shape index (κ1) is 23.8. The first-order valence-electron chi connectivity index (χ1n) is 13.6. The molecule has 0 radical (unpaired) electrons. The van der Waals surface area contributed by atoms with Crippen molar-refractivity contribution < 1.29 is 8.83 Å². The number of para-hydroxylation sites is 2. The van der Waals surface area contributed by atoms with Gasteiger partial charge >= 0.3 is 0 Å². The highest BCUT2D eigenvalue weighted by atomic mass is 16.3.